The van der Waals surface area contributed by atoms with Crippen molar-refractivity contribution in [2.75, 3.05) is 9.80 Å². The smallest absolute Gasteiger partial charge is 0.277 e. The molecular formula is C23H18F3N3O4S. The molecular weight excluding hydrogens is 471 g/mol. The summed E-state index contributed by atoms with van der Waals surface area (Å²) in [5, 5.41) is 0.690. The lowest BCUT2D eigenvalue weighted by Gasteiger charge is -2.25. The molecule has 1 saturated heterocycles. The Kier molecular flexibility index (Phi) is 4.61. The number of anilines is 2. The van der Waals surface area contributed by atoms with Crippen molar-refractivity contribution in [2.24, 2.45) is 5.92 Å². The van der Waals surface area contributed by atoms with E-state index < -0.39 is 37.7 Å². The summed E-state index contributed by atoms with van der Waals surface area (Å²) in [5.41, 5.74) is -4.71. The Balaban J connectivity index is 1.62. The largest absolute Gasteiger partial charge is 0.501 e. The zero-order valence-electron chi connectivity index (χ0n) is 18.0. The number of rotatable bonds is 3. The van der Waals surface area contributed by atoms with Gasteiger partial charge in [0.1, 0.15) is 5.54 Å². The average Bonchev–Trinajstić information content (AvgIpc) is 3.40. The predicted molar refractivity (Wildman–Crippen MR) is 118 cm³/mol. The zero-order valence-corrected chi connectivity index (χ0v) is 18.8. The van der Waals surface area contributed by atoms with E-state index >= 15 is 0 Å². The Bertz CT molecular complexity index is 1470. The molecule has 7 nitrogen and oxygen atoms in total. The number of amides is 3. The first kappa shape index (κ1) is 22.3. The fraction of sp³-hybridized carbons (Fsp3) is 0.261. The van der Waals surface area contributed by atoms with Gasteiger partial charge in [-0.25, -0.2) is 18.1 Å². The lowest BCUT2D eigenvalue weighted by Crippen LogP contribution is -2.39. The average molecular weight is 489 g/mol. The molecule has 0 bridgehead atoms. The van der Waals surface area contributed by atoms with Gasteiger partial charge in [-0.05, 0) is 55.2 Å². The van der Waals surface area contributed by atoms with Crippen molar-refractivity contribution >= 4 is 44.1 Å². The molecule has 3 amide bonds. The standard InChI is InChI=1S/C23H18F3N3O4S/c1-13-12-27-18-6-4-3-5-17(18)19(13)29-21(31)28(20(30)22(29)11-14(22)2)15-7-9-16(10-8-15)34(32,33)23(24,25)26/h3-10,12,14H,11H2,1-2H3. The van der Waals surface area contributed by atoms with Crippen LogP contribution < -0.4 is 9.80 Å². The quantitative estimate of drug-likeness (QED) is 0.503. The minimum Gasteiger partial charge on any atom is -0.277 e. The van der Waals surface area contributed by atoms with E-state index in [1.807, 2.05) is 19.1 Å². The van der Waals surface area contributed by atoms with E-state index in [1.165, 1.54) is 4.90 Å². The molecule has 2 unspecified atom stereocenters. The number of fused-ring (bicyclic) bond motifs is 1. The van der Waals surface area contributed by atoms with E-state index in [9.17, 15) is 31.2 Å². The monoisotopic (exact) mass is 489 g/mol. The second-order valence-electron chi connectivity index (χ2n) is 8.54. The molecule has 11 heteroatoms. The van der Waals surface area contributed by atoms with Crippen molar-refractivity contribution < 1.29 is 31.2 Å². The normalized spacial score (nSPS) is 22.8. The van der Waals surface area contributed by atoms with Crippen LogP contribution in [0, 0.1) is 12.8 Å². The molecule has 1 saturated carbocycles. The number of hydrogen-bond acceptors (Lipinski definition) is 5. The molecule has 1 aromatic heterocycles. The number of benzene rings is 2. The number of sulfone groups is 1. The van der Waals surface area contributed by atoms with Crippen LogP contribution in [0.15, 0.2) is 59.6 Å². The molecule has 1 aliphatic carbocycles. The fourth-order valence-electron chi connectivity index (χ4n) is 4.62. The number of pyridine rings is 1. The van der Waals surface area contributed by atoms with Gasteiger partial charge in [-0.15, -0.1) is 0 Å². The Morgan fingerprint density at radius 3 is 2.26 bits per heavy atom. The molecule has 2 heterocycles. The summed E-state index contributed by atoms with van der Waals surface area (Å²) in [5.74, 6) is -0.651. The van der Waals surface area contributed by atoms with Crippen molar-refractivity contribution in [3.8, 4) is 0 Å². The summed E-state index contributed by atoms with van der Waals surface area (Å²) in [6, 6.07) is 10.1. The van der Waals surface area contributed by atoms with Gasteiger partial charge in [-0.2, -0.15) is 13.2 Å². The van der Waals surface area contributed by atoms with E-state index in [0.29, 0.717) is 28.6 Å². The van der Waals surface area contributed by atoms with Gasteiger partial charge < -0.3 is 0 Å². The third-order valence-corrected chi connectivity index (χ3v) is 7.99. The maximum Gasteiger partial charge on any atom is 0.501 e. The number of alkyl halides is 3. The number of halogens is 3. The summed E-state index contributed by atoms with van der Waals surface area (Å²) in [4.78, 5) is 33.0. The maximum atomic E-state index is 13.7. The minimum atomic E-state index is -5.55. The van der Waals surface area contributed by atoms with Crippen molar-refractivity contribution in [3.63, 3.8) is 0 Å². The highest BCUT2D eigenvalue weighted by atomic mass is 32.2. The summed E-state index contributed by atoms with van der Waals surface area (Å²) >= 11 is 0. The molecule has 2 aromatic carbocycles. The van der Waals surface area contributed by atoms with Gasteiger partial charge >= 0.3 is 11.5 Å². The summed E-state index contributed by atoms with van der Waals surface area (Å²) in [6.07, 6.45) is 2.04. The predicted octanol–water partition coefficient (Wildman–Crippen LogP) is 4.59. The molecule has 34 heavy (non-hydrogen) atoms. The maximum absolute atomic E-state index is 13.7. The van der Waals surface area contributed by atoms with Gasteiger partial charge in [0.15, 0.2) is 0 Å². The Labute approximate surface area is 192 Å². The number of aryl methyl sites for hydroxylation is 1. The van der Waals surface area contributed by atoms with E-state index in [4.69, 9.17) is 0 Å². The highest BCUT2D eigenvalue weighted by Crippen LogP contribution is 2.56. The Morgan fingerprint density at radius 2 is 1.68 bits per heavy atom. The molecule has 2 aliphatic rings. The van der Waals surface area contributed by atoms with Gasteiger partial charge in [-0.1, -0.05) is 25.1 Å². The van der Waals surface area contributed by atoms with Gasteiger partial charge in [0.05, 0.1) is 21.8 Å². The van der Waals surface area contributed by atoms with Crippen LogP contribution in [0.25, 0.3) is 10.9 Å². The van der Waals surface area contributed by atoms with Crippen LogP contribution in [0.1, 0.15) is 18.9 Å². The molecule has 1 aliphatic heterocycles. The minimum absolute atomic E-state index is 0.00638. The number of aromatic nitrogens is 1. The van der Waals surface area contributed by atoms with Crippen LogP contribution >= 0.6 is 0 Å². The van der Waals surface area contributed by atoms with Crippen LogP contribution in [0.2, 0.25) is 0 Å². The molecule has 2 fully saturated rings. The van der Waals surface area contributed by atoms with Crippen LogP contribution in [0.4, 0.5) is 29.3 Å². The Morgan fingerprint density at radius 1 is 1.06 bits per heavy atom. The van der Waals surface area contributed by atoms with Gasteiger partial charge in [0.2, 0.25) is 0 Å². The van der Waals surface area contributed by atoms with E-state index in [2.05, 4.69) is 4.98 Å². The summed E-state index contributed by atoms with van der Waals surface area (Å²) in [6.45, 7) is 3.63. The number of para-hydroxylation sites is 1. The zero-order chi connectivity index (χ0) is 24.6. The third kappa shape index (κ3) is 2.89. The van der Waals surface area contributed by atoms with Crippen LogP contribution in [-0.4, -0.2) is 36.4 Å². The highest BCUT2D eigenvalue weighted by molar-refractivity contribution is 7.92. The number of carbonyl (C=O) groups excluding carboxylic acids is 2. The SMILES string of the molecule is Cc1cnc2ccccc2c1N1C(=O)N(c2ccc(S(=O)(=O)C(F)(F)F)cc2)C(=O)C12CC2C. The Hall–Kier alpha value is -3.47. The molecule has 3 aromatic rings. The second-order valence-corrected chi connectivity index (χ2v) is 10.5. The van der Waals surface area contributed by atoms with Crippen molar-refractivity contribution in [1.29, 1.82) is 0 Å². The van der Waals surface area contributed by atoms with E-state index in [-0.39, 0.29) is 11.6 Å². The molecule has 176 valence electrons. The highest BCUT2D eigenvalue weighted by Gasteiger charge is 2.71. The number of nitrogens with zero attached hydrogens (tertiary/aromatic N) is 3. The van der Waals surface area contributed by atoms with E-state index in [0.717, 1.165) is 29.2 Å². The number of hydrogen-bond donors (Lipinski definition) is 0. The first-order valence-electron chi connectivity index (χ1n) is 10.4. The van der Waals surface area contributed by atoms with Crippen LogP contribution in [-0.2, 0) is 14.6 Å². The molecule has 5 rings (SSSR count). The van der Waals surface area contributed by atoms with Crippen molar-refractivity contribution in [2.45, 2.75) is 36.2 Å². The van der Waals surface area contributed by atoms with Crippen molar-refractivity contribution in [1.82, 2.24) is 4.98 Å². The first-order valence-corrected chi connectivity index (χ1v) is 11.8. The summed E-state index contributed by atoms with van der Waals surface area (Å²) < 4.78 is 62.0. The molecule has 1 spiro atoms. The lowest BCUT2D eigenvalue weighted by molar-refractivity contribution is -0.119. The number of imide groups is 1. The van der Waals surface area contributed by atoms with Crippen LogP contribution in [0.5, 0.6) is 0 Å². The number of urea groups is 1. The topological polar surface area (TPSA) is 87.7 Å². The molecule has 2 atom stereocenters. The number of carbonyl (C=O) groups is 2. The second kappa shape index (κ2) is 7.02. The summed E-state index contributed by atoms with van der Waals surface area (Å²) in [7, 11) is -5.55. The fourth-order valence-corrected chi connectivity index (χ4v) is 5.38. The third-order valence-electron chi connectivity index (χ3n) is 6.49. The first-order chi connectivity index (χ1) is 15.9. The van der Waals surface area contributed by atoms with E-state index in [1.54, 1.807) is 25.3 Å². The van der Waals surface area contributed by atoms with Gasteiger partial charge in [0, 0.05) is 11.6 Å². The van der Waals surface area contributed by atoms with Gasteiger partial charge in [-0.3, -0.25) is 14.7 Å². The van der Waals surface area contributed by atoms with Crippen molar-refractivity contribution in [3.05, 3.63) is 60.3 Å². The van der Waals surface area contributed by atoms with Gasteiger partial charge in [0.25, 0.3) is 15.7 Å². The lowest BCUT2D eigenvalue weighted by atomic mass is 10.1. The molecule has 0 radical (unpaired) electrons. The van der Waals surface area contributed by atoms with Crippen LogP contribution in [0.3, 0.4) is 0 Å². The molecule has 0 N–H and O–H groups in total.